The molecule has 228 valence electrons. The van der Waals surface area contributed by atoms with Gasteiger partial charge < -0.3 is 15.2 Å². The van der Waals surface area contributed by atoms with Crippen LogP contribution >= 0.6 is 0 Å². The van der Waals surface area contributed by atoms with Crippen molar-refractivity contribution in [1.82, 2.24) is 24.9 Å². The number of piperazine rings is 1. The third-order valence-electron chi connectivity index (χ3n) is 7.19. The Bertz CT molecular complexity index is 1300. The van der Waals surface area contributed by atoms with Gasteiger partial charge in [-0.1, -0.05) is 32.0 Å². The number of carbonyl (C=O) groups is 1. The fraction of sp³-hybridized carbons (Fsp3) is 0.484. The Hall–Kier alpha value is -3.41. The van der Waals surface area contributed by atoms with Crippen LogP contribution in [0, 0.1) is 12.8 Å². The Labute approximate surface area is 245 Å². The summed E-state index contributed by atoms with van der Waals surface area (Å²) in [7, 11) is 0. The number of nitrogens with one attached hydrogen (secondary N) is 1. The van der Waals surface area contributed by atoms with E-state index in [4.69, 9.17) is 9.84 Å². The lowest BCUT2D eigenvalue weighted by Crippen LogP contribution is -2.51. The zero-order chi connectivity index (χ0) is 30.3. The number of halogens is 3. The number of hydrogen-bond donors (Lipinski definition) is 2. The number of aromatic nitrogens is 2. The molecule has 2 aromatic carbocycles. The molecule has 1 saturated heterocycles. The molecule has 1 aliphatic rings. The average Bonchev–Trinajstić information content (AvgIpc) is 3.33. The number of ether oxygens (including phenoxy) is 1. The van der Waals surface area contributed by atoms with Gasteiger partial charge in [0.2, 0.25) is 5.91 Å². The lowest BCUT2D eigenvalue weighted by atomic mass is 10.1. The van der Waals surface area contributed by atoms with E-state index >= 15 is 0 Å². The van der Waals surface area contributed by atoms with Gasteiger partial charge in [-0.3, -0.25) is 14.6 Å². The van der Waals surface area contributed by atoms with Gasteiger partial charge in [0.05, 0.1) is 30.0 Å². The first-order valence-electron chi connectivity index (χ1n) is 14.3. The lowest BCUT2D eigenvalue weighted by Gasteiger charge is -2.35. The number of nitrogens with zero attached hydrogens (tertiary/aromatic N) is 4. The topological polar surface area (TPSA) is 82.9 Å². The van der Waals surface area contributed by atoms with E-state index in [0.29, 0.717) is 45.2 Å². The molecule has 1 unspecified atom stereocenters. The summed E-state index contributed by atoms with van der Waals surface area (Å²) in [5.74, 6) is 0.679. The predicted molar refractivity (Wildman–Crippen MR) is 155 cm³/mol. The van der Waals surface area contributed by atoms with E-state index in [-0.39, 0.29) is 24.8 Å². The standard InChI is InChI=1S/C31H40F3N5O3/c1-22(2)16-26-17-25(36-39(26)29-7-5-4-6-23(29)3)18-35-30(41)20-38-14-12-37(13-15-38)19-27(40)21-42-28-10-8-24(9-11-28)31(32,33)34/h4-11,17,22,27,40H,12-16,18-21H2,1-3H3,(H,35,41). The zero-order valence-electron chi connectivity index (χ0n) is 24.4. The number of para-hydroxylation sites is 1. The molecule has 8 nitrogen and oxygen atoms in total. The second kappa shape index (κ2) is 14.2. The second-order valence-corrected chi connectivity index (χ2v) is 11.3. The van der Waals surface area contributed by atoms with E-state index in [1.54, 1.807) is 0 Å². The summed E-state index contributed by atoms with van der Waals surface area (Å²) in [6.07, 6.45) is -4.30. The minimum absolute atomic E-state index is 0.0214. The maximum atomic E-state index is 12.7. The van der Waals surface area contributed by atoms with Crippen LogP contribution in [0.3, 0.4) is 0 Å². The lowest BCUT2D eigenvalue weighted by molar-refractivity contribution is -0.137. The molecule has 0 aliphatic carbocycles. The highest BCUT2D eigenvalue weighted by molar-refractivity contribution is 5.78. The molecule has 4 rings (SSSR count). The van der Waals surface area contributed by atoms with Gasteiger partial charge in [0.15, 0.2) is 0 Å². The number of carbonyl (C=O) groups excluding carboxylic acids is 1. The van der Waals surface area contributed by atoms with Crippen molar-refractivity contribution in [2.24, 2.45) is 5.92 Å². The second-order valence-electron chi connectivity index (χ2n) is 11.3. The van der Waals surface area contributed by atoms with Crippen molar-refractivity contribution in [1.29, 1.82) is 0 Å². The highest BCUT2D eigenvalue weighted by atomic mass is 19.4. The summed E-state index contributed by atoms with van der Waals surface area (Å²) in [5, 5.41) is 18.2. The molecule has 2 heterocycles. The smallest absolute Gasteiger partial charge is 0.416 e. The van der Waals surface area contributed by atoms with Crippen molar-refractivity contribution in [3.05, 3.63) is 77.1 Å². The monoisotopic (exact) mass is 587 g/mol. The third kappa shape index (κ3) is 9.04. The number of benzene rings is 2. The van der Waals surface area contributed by atoms with Crippen molar-refractivity contribution < 1.29 is 27.8 Å². The van der Waals surface area contributed by atoms with Crippen LogP contribution in [-0.4, -0.2) is 82.6 Å². The number of hydrogen-bond acceptors (Lipinski definition) is 6. The molecule has 1 aliphatic heterocycles. The Kier molecular flexibility index (Phi) is 10.6. The first-order valence-corrected chi connectivity index (χ1v) is 14.3. The van der Waals surface area contributed by atoms with Crippen LogP contribution in [0.1, 0.15) is 36.4 Å². The van der Waals surface area contributed by atoms with Gasteiger partial charge in [-0.15, -0.1) is 0 Å². The molecule has 3 aromatic rings. The number of amides is 1. The maximum absolute atomic E-state index is 12.7. The van der Waals surface area contributed by atoms with Crippen LogP contribution in [0.25, 0.3) is 5.69 Å². The summed E-state index contributed by atoms with van der Waals surface area (Å²) in [6.45, 7) is 10.1. The third-order valence-corrected chi connectivity index (χ3v) is 7.19. The number of β-amino-alcohol motifs (C(OH)–C–C–N with tert-alkyl or cyclic N) is 1. The number of alkyl halides is 3. The summed E-state index contributed by atoms with van der Waals surface area (Å²) < 4.78 is 45.5. The minimum atomic E-state index is -4.40. The summed E-state index contributed by atoms with van der Waals surface area (Å²) in [5.41, 5.74) is 3.37. The molecule has 1 atom stereocenters. The largest absolute Gasteiger partial charge is 0.491 e. The van der Waals surface area contributed by atoms with Crippen LogP contribution in [0.4, 0.5) is 13.2 Å². The van der Waals surface area contributed by atoms with E-state index in [9.17, 15) is 23.1 Å². The molecule has 11 heteroatoms. The van der Waals surface area contributed by atoms with Gasteiger partial charge in [0, 0.05) is 38.4 Å². The van der Waals surface area contributed by atoms with Crippen LogP contribution in [0.2, 0.25) is 0 Å². The van der Waals surface area contributed by atoms with E-state index in [1.165, 1.54) is 12.1 Å². The fourth-order valence-electron chi connectivity index (χ4n) is 5.00. The van der Waals surface area contributed by atoms with Crippen LogP contribution < -0.4 is 10.1 Å². The predicted octanol–water partition coefficient (Wildman–Crippen LogP) is 4.07. The van der Waals surface area contributed by atoms with Gasteiger partial charge in [-0.2, -0.15) is 18.3 Å². The zero-order valence-corrected chi connectivity index (χ0v) is 24.4. The first kappa shape index (κ1) is 31.5. The molecule has 1 fully saturated rings. The molecular formula is C31H40F3N5O3. The SMILES string of the molecule is Cc1ccccc1-n1nc(CNC(=O)CN2CCN(CC(O)COc3ccc(C(F)(F)F)cc3)CC2)cc1CC(C)C. The molecule has 0 bridgehead atoms. The molecule has 2 N–H and O–H groups in total. The normalized spacial score (nSPS) is 15.6. The van der Waals surface area contributed by atoms with Crippen molar-refractivity contribution in [3.8, 4) is 11.4 Å². The van der Waals surface area contributed by atoms with Crippen LogP contribution in [-0.2, 0) is 23.9 Å². The molecule has 1 amide bonds. The molecular weight excluding hydrogens is 547 g/mol. The molecule has 0 saturated carbocycles. The van der Waals surface area contributed by atoms with Gasteiger partial charge in [0.1, 0.15) is 18.5 Å². The molecule has 42 heavy (non-hydrogen) atoms. The minimum Gasteiger partial charge on any atom is -0.491 e. The average molecular weight is 588 g/mol. The van der Waals surface area contributed by atoms with E-state index in [0.717, 1.165) is 41.2 Å². The number of aryl methyl sites for hydroxylation is 1. The van der Waals surface area contributed by atoms with E-state index in [2.05, 4.69) is 54.1 Å². The summed E-state index contributed by atoms with van der Waals surface area (Å²) >= 11 is 0. The number of rotatable bonds is 12. The Morgan fingerprint density at radius 1 is 1.05 bits per heavy atom. The maximum Gasteiger partial charge on any atom is 0.416 e. The Balaban J connectivity index is 1.19. The van der Waals surface area contributed by atoms with E-state index < -0.39 is 17.8 Å². The van der Waals surface area contributed by atoms with Crippen molar-refractivity contribution >= 4 is 5.91 Å². The van der Waals surface area contributed by atoms with Crippen LogP contribution in [0.15, 0.2) is 54.6 Å². The van der Waals surface area contributed by atoms with E-state index in [1.807, 2.05) is 16.8 Å². The van der Waals surface area contributed by atoms with Crippen LogP contribution in [0.5, 0.6) is 5.75 Å². The van der Waals surface area contributed by atoms with Crippen molar-refractivity contribution in [2.45, 2.75) is 46.0 Å². The summed E-state index contributed by atoms with van der Waals surface area (Å²) in [4.78, 5) is 16.9. The van der Waals surface area contributed by atoms with Gasteiger partial charge in [-0.05, 0) is 61.2 Å². The first-order chi connectivity index (χ1) is 20.0. The number of aliphatic hydroxyl groups is 1. The molecule has 1 aromatic heterocycles. The Morgan fingerprint density at radius 2 is 1.71 bits per heavy atom. The highest BCUT2D eigenvalue weighted by Gasteiger charge is 2.30. The highest BCUT2D eigenvalue weighted by Crippen LogP contribution is 2.30. The van der Waals surface area contributed by atoms with Gasteiger partial charge in [-0.25, -0.2) is 4.68 Å². The van der Waals surface area contributed by atoms with Gasteiger partial charge in [0.25, 0.3) is 0 Å². The number of aliphatic hydroxyl groups excluding tert-OH is 1. The summed E-state index contributed by atoms with van der Waals surface area (Å²) in [6, 6.07) is 14.6. The van der Waals surface area contributed by atoms with Crippen molar-refractivity contribution in [3.63, 3.8) is 0 Å². The fourth-order valence-corrected chi connectivity index (χ4v) is 5.00. The Morgan fingerprint density at radius 3 is 2.36 bits per heavy atom. The molecule has 0 radical (unpaired) electrons. The molecule has 0 spiro atoms. The van der Waals surface area contributed by atoms with Gasteiger partial charge >= 0.3 is 6.18 Å². The van der Waals surface area contributed by atoms with Crippen molar-refractivity contribution in [2.75, 3.05) is 45.9 Å². The quantitative estimate of drug-likeness (QED) is 0.333.